The lowest BCUT2D eigenvalue weighted by Crippen LogP contribution is -2.36. The summed E-state index contributed by atoms with van der Waals surface area (Å²) in [6.07, 6.45) is 5.89. The van der Waals surface area contributed by atoms with Gasteiger partial charge in [0.2, 0.25) is 5.96 Å². The number of thioether (sulfide) groups is 1. The van der Waals surface area contributed by atoms with Gasteiger partial charge in [-0.1, -0.05) is 42.5 Å². The SMILES string of the molecule is CN(C)Cc1ccc(CSCCNC(=NCC=Cc2ccccc2)NC#N)o1.Cl. The number of halogens is 1. The van der Waals surface area contributed by atoms with Crippen molar-refractivity contribution in [2.24, 2.45) is 4.99 Å². The zero-order chi connectivity index (χ0) is 20.0. The Labute approximate surface area is 183 Å². The minimum absolute atomic E-state index is 0. The molecule has 8 heteroatoms. The van der Waals surface area contributed by atoms with Gasteiger partial charge in [-0.2, -0.15) is 17.0 Å². The lowest BCUT2D eigenvalue weighted by Gasteiger charge is -2.07. The average molecular weight is 434 g/mol. The molecule has 1 aromatic carbocycles. The Kier molecular flexibility index (Phi) is 12.4. The summed E-state index contributed by atoms with van der Waals surface area (Å²) in [6, 6.07) is 14.1. The van der Waals surface area contributed by atoms with Gasteiger partial charge in [-0.05, 0) is 31.8 Å². The molecule has 0 spiro atoms. The molecular formula is C21H28ClN5OS. The Hall–Kier alpha value is -2.40. The fraction of sp³-hybridized carbons (Fsp3) is 0.333. The fourth-order valence-electron chi connectivity index (χ4n) is 2.40. The molecule has 0 bridgehead atoms. The maximum absolute atomic E-state index is 8.87. The molecule has 0 atom stereocenters. The van der Waals surface area contributed by atoms with Crippen LogP contribution in [0.3, 0.4) is 0 Å². The fourth-order valence-corrected chi connectivity index (χ4v) is 3.15. The Bertz CT molecular complexity index is 799. The van der Waals surface area contributed by atoms with Crippen molar-refractivity contribution in [3.8, 4) is 6.19 Å². The molecule has 0 amide bonds. The summed E-state index contributed by atoms with van der Waals surface area (Å²) in [4.78, 5) is 6.45. The first-order valence-corrected chi connectivity index (χ1v) is 10.3. The van der Waals surface area contributed by atoms with Crippen molar-refractivity contribution in [2.75, 3.05) is 32.9 Å². The smallest absolute Gasteiger partial charge is 0.205 e. The summed E-state index contributed by atoms with van der Waals surface area (Å²) in [7, 11) is 4.04. The van der Waals surface area contributed by atoms with E-state index in [4.69, 9.17) is 9.68 Å². The number of rotatable bonds is 10. The predicted molar refractivity (Wildman–Crippen MR) is 124 cm³/mol. The number of hydrogen-bond donors (Lipinski definition) is 2. The first kappa shape index (κ1) is 24.6. The highest BCUT2D eigenvalue weighted by atomic mass is 35.5. The third-order valence-corrected chi connectivity index (χ3v) is 4.59. The van der Waals surface area contributed by atoms with E-state index in [0.717, 1.165) is 35.1 Å². The number of benzene rings is 1. The molecule has 0 unspecified atom stereocenters. The van der Waals surface area contributed by atoms with Crippen molar-refractivity contribution < 1.29 is 4.42 Å². The van der Waals surface area contributed by atoms with Gasteiger partial charge in [0.15, 0.2) is 6.19 Å². The highest BCUT2D eigenvalue weighted by molar-refractivity contribution is 7.98. The summed E-state index contributed by atoms with van der Waals surface area (Å²) in [5, 5.41) is 14.6. The van der Waals surface area contributed by atoms with E-state index < -0.39 is 0 Å². The molecule has 0 radical (unpaired) electrons. The predicted octanol–water partition coefficient (Wildman–Crippen LogP) is 3.73. The highest BCUT2D eigenvalue weighted by Crippen LogP contribution is 2.15. The van der Waals surface area contributed by atoms with E-state index in [9.17, 15) is 0 Å². The van der Waals surface area contributed by atoms with E-state index >= 15 is 0 Å². The second-order valence-corrected chi connectivity index (χ2v) is 7.43. The van der Waals surface area contributed by atoms with Gasteiger partial charge in [0.1, 0.15) is 11.5 Å². The molecule has 156 valence electrons. The van der Waals surface area contributed by atoms with Crippen molar-refractivity contribution >= 4 is 36.2 Å². The van der Waals surface area contributed by atoms with Crippen LogP contribution in [0.5, 0.6) is 0 Å². The summed E-state index contributed by atoms with van der Waals surface area (Å²) < 4.78 is 5.79. The van der Waals surface area contributed by atoms with Crippen molar-refractivity contribution in [1.29, 1.82) is 5.26 Å². The van der Waals surface area contributed by atoms with Gasteiger partial charge in [0, 0.05) is 12.3 Å². The molecule has 1 heterocycles. The van der Waals surface area contributed by atoms with E-state index in [1.54, 1.807) is 11.8 Å². The van der Waals surface area contributed by atoms with E-state index in [0.29, 0.717) is 19.0 Å². The molecule has 0 aliphatic heterocycles. The van der Waals surface area contributed by atoms with Crippen LogP contribution in [-0.4, -0.2) is 43.8 Å². The van der Waals surface area contributed by atoms with Crippen LogP contribution in [0.1, 0.15) is 17.1 Å². The van der Waals surface area contributed by atoms with Crippen LogP contribution in [0.2, 0.25) is 0 Å². The second-order valence-electron chi connectivity index (χ2n) is 6.32. The number of aliphatic imine (C=N–C) groups is 1. The molecule has 2 rings (SSSR count). The minimum Gasteiger partial charge on any atom is -0.464 e. The molecule has 2 N–H and O–H groups in total. The molecule has 0 saturated heterocycles. The summed E-state index contributed by atoms with van der Waals surface area (Å²) >= 11 is 1.77. The van der Waals surface area contributed by atoms with E-state index in [2.05, 4.69) is 20.5 Å². The maximum atomic E-state index is 8.87. The van der Waals surface area contributed by atoms with Crippen LogP contribution < -0.4 is 10.6 Å². The van der Waals surface area contributed by atoms with Crippen LogP contribution in [0.4, 0.5) is 0 Å². The van der Waals surface area contributed by atoms with Crippen molar-refractivity contribution in [1.82, 2.24) is 15.5 Å². The summed E-state index contributed by atoms with van der Waals surface area (Å²) in [5.41, 5.74) is 1.13. The van der Waals surface area contributed by atoms with Gasteiger partial charge in [-0.3, -0.25) is 5.32 Å². The molecule has 0 saturated carbocycles. The molecule has 2 aromatic rings. The topological polar surface area (TPSA) is 76.6 Å². The second kappa shape index (κ2) is 14.6. The van der Waals surface area contributed by atoms with Gasteiger partial charge in [0.05, 0.1) is 18.8 Å². The third kappa shape index (κ3) is 10.6. The number of furan rings is 1. The largest absolute Gasteiger partial charge is 0.464 e. The number of nitrogens with zero attached hydrogens (tertiary/aromatic N) is 3. The molecule has 0 fully saturated rings. The number of nitriles is 1. The monoisotopic (exact) mass is 433 g/mol. The van der Waals surface area contributed by atoms with E-state index in [-0.39, 0.29) is 12.4 Å². The summed E-state index contributed by atoms with van der Waals surface area (Å²) in [6.45, 7) is 2.02. The molecule has 0 aliphatic carbocycles. The van der Waals surface area contributed by atoms with Gasteiger partial charge >= 0.3 is 0 Å². The molecule has 6 nitrogen and oxygen atoms in total. The summed E-state index contributed by atoms with van der Waals surface area (Å²) in [5.74, 6) is 4.17. The highest BCUT2D eigenvalue weighted by Gasteiger charge is 2.03. The average Bonchev–Trinajstić information content (AvgIpc) is 3.12. The zero-order valence-corrected chi connectivity index (χ0v) is 18.4. The third-order valence-electron chi connectivity index (χ3n) is 3.61. The standard InChI is InChI=1S/C21H27N5OS.ClH/c1-26(2)15-19-10-11-20(27-19)16-28-14-13-24-21(25-17-22)23-12-6-9-18-7-4-3-5-8-18;/h3-11H,12-16H2,1-2H3,(H2,23,24,25);1H. The lowest BCUT2D eigenvalue weighted by molar-refractivity contribution is 0.344. The Balaban J connectivity index is 0.00000420. The normalized spacial score (nSPS) is 11.3. The first-order valence-electron chi connectivity index (χ1n) is 9.12. The molecule has 29 heavy (non-hydrogen) atoms. The minimum atomic E-state index is 0. The van der Waals surface area contributed by atoms with Crippen LogP contribution >= 0.6 is 24.2 Å². The van der Waals surface area contributed by atoms with Crippen LogP contribution in [-0.2, 0) is 12.3 Å². The lowest BCUT2D eigenvalue weighted by atomic mass is 10.2. The van der Waals surface area contributed by atoms with Crippen molar-refractivity contribution in [2.45, 2.75) is 12.3 Å². The number of guanidine groups is 1. The van der Waals surface area contributed by atoms with Crippen molar-refractivity contribution in [3.63, 3.8) is 0 Å². The van der Waals surface area contributed by atoms with Crippen LogP contribution in [0.15, 0.2) is 58.0 Å². The van der Waals surface area contributed by atoms with Gasteiger partial charge < -0.3 is 14.6 Å². The molecular weight excluding hydrogens is 406 g/mol. The van der Waals surface area contributed by atoms with Crippen LogP contribution in [0.25, 0.3) is 6.08 Å². The first-order chi connectivity index (χ1) is 13.7. The van der Waals surface area contributed by atoms with Gasteiger partial charge in [-0.25, -0.2) is 4.99 Å². The zero-order valence-electron chi connectivity index (χ0n) is 16.8. The molecule has 1 aromatic heterocycles. The van der Waals surface area contributed by atoms with Crippen molar-refractivity contribution in [3.05, 3.63) is 65.6 Å². The number of nitrogens with one attached hydrogen (secondary N) is 2. The van der Waals surface area contributed by atoms with E-state index in [1.165, 1.54) is 0 Å². The maximum Gasteiger partial charge on any atom is 0.205 e. The van der Waals surface area contributed by atoms with Gasteiger partial charge in [-0.15, -0.1) is 12.4 Å². The Morgan fingerprint density at radius 3 is 2.69 bits per heavy atom. The van der Waals surface area contributed by atoms with Crippen LogP contribution in [0, 0.1) is 11.5 Å². The van der Waals surface area contributed by atoms with Gasteiger partial charge in [0.25, 0.3) is 0 Å². The Morgan fingerprint density at radius 1 is 1.21 bits per heavy atom. The van der Waals surface area contributed by atoms with E-state index in [1.807, 2.05) is 74.9 Å². The quantitative estimate of drug-likeness (QED) is 0.195. The number of hydrogen-bond acceptors (Lipinski definition) is 5. The Morgan fingerprint density at radius 2 is 1.97 bits per heavy atom. The molecule has 0 aliphatic rings.